The molecule has 0 rings (SSSR count). The van der Waals surface area contributed by atoms with Crippen molar-refractivity contribution in [3.05, 3.63) is 0 Å². The van der Waals surface area contributed by atoms with Crippen LogP contribution >= 0.6 is 0 Å². The summed E-state index contributed by atoms with van der Waals surface area (Å²) in [6, 6.07) is 0. The second-order valence-electron chi connectivity index (χ2n) is 1.99. The van der Waals surface area contributed by atoms with Crippen LogP contribution in [0.2, 0.25) is 0 Å². The minimum Gasteiger partial charge on any atom is -0.394 e. The molecule has 0 saturated heterocycles. The summed E-state index contributed by atoms with van der Waals surface area (Å²) in [6.07, 6.45) is 0. The van der Waals surface area contributed by atoms with Crippen molar-refractivity contribution in [2.24, 2.45) is 0 Å². The number of aliphatic hydroxyl groups is 2. The molecule has 50 valence electrons. The van der Waals surface area contributed by atoms with E-state index in [2.05, 4.69) is 0 Å². The van der Waals surface area contributed by atoms with E-state index in [1.54, 1.807) is 5.48 Å². The zero-order valence-corrected chi connectivity index (χ0v) is 4.76. The normalized spacial score (nSPS) is 12.0. The zero-order valence-electron chi connectivity index (χ0n) is 4.76. The second-order valence-corrected chi connectivity index (χ2v) is 1.99. The molecule has 0 aromatic carbocycles. The third-order valence-electron chi connectivity index (χ3n) is 0.968. The quantitative estimate of drug-likeness (QED) is 0.350. The fourth-order valence-electron chi connectivity index (χ4n) is 0.121. The Balaban J connectivity index is 3.58. The van der Waals surface area contributed by atoms with Crippen molar-refractivity contribution in [1.82, 2.24) is 5.48 Å². The van der Waals surface area contributed by atoms with Gasteiger partial charge in [-0.3, -0.25) is 0 Å². The van der Waals surface area contributed by atoms with Gasteiger partial charge in [-0.15, -0.1) is 0 Å². The molecule has 0 heterocycles. The lowest BCUT2D eigenvalue weighted by atomic mass is 10.1. The summed E-state index contributed by atoms with van der Waals surface area (Å²) in [5, 5.41) is 25.0. The van der Waals surface area contributed by atoms with Gasteiger partial charge >= 0.3 is 0 Å². The van der Waals surface area contributed by atoms with E-state index in [-0.39, 0.29) is 13.2 Å². The molecule has 0 aliphatic heterocycles. The summed E-state index contributed by atoms with van der Waals surface area (Å²) in [5.74, 6) is 0. The maximum Gasteiger partial charge on any atom is 0.0861 e. The lowest BCUT2D eigenvalue weighted by molar-refractivity contribution is -0.000873. The molecule has 0 fully saturated rings. The third kappa shape index (κ3) is 1.75. The highest BCUT2D eigenvalue weighted by molar-refractivity contribution is 4.75. The van der Waals surface area contributed by atoms with E-state index in [1.807, 2.05) is 0 Å². The number of hydroxylamine groups is 1. The molecule has 0 saturated carbocycles. The van der Waals surface area contributed by atoms with Gasteiger partial charge in [0.2, 0.25) is 0 Å². The Morgan fingerprint density at radius 1 is 1.38 bits per heavy atom. The molecule has 4 nitrogen and oxygen atoms in total. The number of hydrogen-bond acceptors (Lipinski definition) is 4. The Bertz CT molecular complexity index is 54.0. The van der Waals surface area contributed by atoms with Crippen LogP contribution in [0.4, 0.5) is 0 Å². The van der Waals surface area contributed by atoms with Crippen LogP contribution in [0.15, 0.2) is 0 Å². The number of rotatable bonds is 3. The fourth-order valence-corrected chi connectivity index (χ4v) is 0.121. The molecular weight excluding hydrogens is 110 g/mol. The lowest BCUT2D eigenvalue weighted by Crippen LogP contribution is -2.47. The first-order valence-corrected chi connectivity index (χ1v) is 2.31. The fraction of sp³-hybridized carbons (Fsp3) is 1.00. The molecule has 0 unspecified atom stereocenters. The van der Waals surface area contributed by atoms with Crippen LogP contribution in [0.1, 0.15) is 6.92 Å². The monoisotopic (exact) mass is 121 g/mol. The van der Waals surface area contributed by atoms with Gasteiger partial charge in [-0.2, -0.15) is 5.48 Å². The van der Waals surface area contributed by atoms with Crippen molar-refractivity contribution < 1.29 is 15.4 Å². The van der Waals surface area contributed by atoms with Crippen LogP contribution in [0.5, 0.6) is 0 Å². The minimum absolute atomic E-state index is 0.292. The molecule has 0 amide bonds. The van der Waals surface area contributed by atoms with Gasteiger partial charge in [0, 0.05) is 0 Å². The van der Waals surface area contributed by atoms with Gasteiger partial charge in [0.05, 0.1) is 18.8 Å². The van der Waals surface area contributed by atoms with Crippen molar-refractivity contribution in [2.45, 2.75) is 12.5 Å². The van der Waals surface area contributed by atoms with E-state index < -0.39 is 5.54 Å². The van der Waals surface area contributed by atoms with E-state index in [1.165, 1.54) is 6.92 Å². The predicted octanol–water partition coefficient (Wildman–Crippen LogP) is -1.29. The van der Waals surface area contributed by atoms with Gasteiger partial charge in [-0.25, -0.2) is 0 Å². The Morgan fingerprint density at radius 2 is 1.75 bits per heavy atom. The summed E-state index contributed by atoms with van der Waals surface area (Å²) in [7, 11) is 0. The highest BCUT2D eigenvalue weighted by Crippen LogP contribution is 1.96. The Hall–Kier alpha value is -0.160. The maximum absolute atomic E-state index is 8.40. The molecule has 0 radical (unpaired) electrons. The van der Waals surface area contributed by atoms with Crippen LogP contribution in [0, 0.1) is 0 Å². The second kappa shape index (κ2) is 2.99. The van der Waals surface area contributed by atoms with Crippen molar-refractivity contribution in [3.8, 4) is 0 Å². The molecule has 0 aromatic rings. The summed E-state index contributed by atoms with van der Waals surface area (Å²) in [6.45, 7) is 0.910. The first kappa shape index (κ1) is 7.84. The zero-order chi connectivity index (χ0) is 6.62. The predicted molar refractivity (Wildman–Crippen MR) is 27.5 cm³/mol. The molecule has 0 spiro atoms. The molecule has 8 heavy (non-hydrogen) atoms. The van der Waals surface area contributed by atoms with Gasteiger partial charge in [0.15, 0.2) is 0 Å². The van der Waals surface area contributed by atoms with Crippen LogP contribution in [0.3, 0.4) is 0 Å². The van der Waals surface area contributed by atoms with Gasteiger partial charge in [-0.05, 0) is 6.92 Å². The first-order chi connectivity index (χ1) is 3.68. The SMILES string of the molecule is CC(CO)(CO)NO. The molecule has 0 atom stereocenters. The molecule has 0 aromatic heterocycles. The highest BCUT2D eigenvalue weighted by Gasteiger charge is 2.19. The molecule has 0 aliphatic rings. The molecular formula is C4H11NO3. The van der Waals surface area contributed by atoms with E-state index in [0.29, 0.717) is 0 Å². The van der Waals surface area contributed by atoms with Crippen LogP contribution in [-0.2, 0) is 0 Å². The van der Waals surface area contributed by atoms with Crippen molar-refractivity contribution in [1.29, 1.82) is 0 Å². The van der Waals surface area contributed by atoms with Crippen LogP contribution in [0.25, 0.3) is 0 Å². The topological polar surface area (TPSA) is 72.7 Å². The number of hydrogen-bond donors (Lipinski definition) is 4. The average molecular weight is 121 g/mol. The summed E-state index contributed by atoms with van der Waals surface area (Å²) < 4.78 is 0. The Kier molecular flexibility index (Phi) is 2.93. The standard InChI is InChI=1S/C4H11NO3/c1-4(2-6,3-7)5-8/h5-8H,2-3H2,1H3. The van der Waals surface area contributed by atoms with Gasteiger partial charge in [0.25, 0.3) is 0 Å². The van der Waals surface area contributed by atoms with Crippen molar-refractivity contribution in [3.63, 3.8) is 0 Å². The van der Waals surface area contributed by atoms with Gasteiger partial charge in [0.1, 0.15) is 0 Å². The molecule has 4 N–H and O–H groups in total. The smallest absolute Gasteiger partial charge is 0.0861 e. The van der Waals surface area contributed by atoms with Crippen molar-refractivity contribution >= 4 is 0 Å². The first-order valence-electron chi connectivity index (χ1n) is 2.31. The summed E-state index contributed by atoms with van der Waals surface area (Å²) in [5.41, 5.74) is 0.819. The van der Waals surface area contributed by atoms with Gasteiger partial charge in [-0.1, -0.05) is 0 Å². The molecule has 0 bridgehead atoms. The van der Waals surface area contributed by atoms with E-state index in [0.717, 1.165) is 0 Å². The Labute approximate surface area is 47.7 Å². The minimum atomic E-state index is -0.958. The third-order valence-corrected chi connectivity index (χ3v) is 0.968. The average Bonchev–Trinajstić information content (AvgIpc) is 1.87. The summed E-state index contributed by atoms with van der Waals surface area (Å²) >= 11 is 0. The summed E-state index contributed by atoms with van der Waals surface area (Å²) in [4.78, 5) is 0. The van der Waals surface area contributed by atoms with Crippen molar-refractivity contribution in [2.75, 3.05) is 13.2 Å². The van der Waals surface area contributed by atoms with E-state index >= 15 is 0 Å². The maximum atomic E-state index is 8.40. The van der Waals surface area contributed by atoms with Crippen LogP contribution in [-0.4, -0.2) is 34.2 Å². The van der Waals surface area contributed by atoms with Gasteiger partial charge < -0.3 is 15.4 Å². The highest BCUT2D eigenvalue weighted by atomic mass is 16.5. The van der Waals surface area contributed by atoms with E-state index in [9.17, 15) is 0 Å². The molecule has 0 aliphatic carbocycles. The van der Waals surface area contributed by atoms with E-state index in [4.69, 9.17) is 15.4 Å². The molecule has 4 heteroatoms. The van der Waals surface area contributed by atoms with Crippen LogP contribution < -0.4 is 5.48 Å². The largest absolute Gasteiger partial charge is 0.394 e. The Morgan fingerprint density at radius 3 is 1.75 bits per heavy atom. The number of aliphatic hydroxyl groups excluding tert-OH is 2. The number of nitrogens with one attached hydrogen (secondary N) is 1. The lowest BCUT2D eigenvalue weighted by Gasteiger charge is -2.21.